The molecular weight excluding hydrogens is 514 g/mol. The quantitative estimate of drug-likeness (QED) is 0.338. The molecule has 210 valence electrons. The van der Waals surface area contributed by atoms with Crippen LogP contribution in [0.2, 0.25) is 0 Å². The molecule has 1 aliphatic heterocycles. The molecule has 2 aromatic rings. The van der Waals surface area contributed by atoms with E-state index in [2.05, 4.69) is 19.9 Å². The Hall–Kier alpha value is -2.40. The number of fused-ring (bicyclic) bond motifs is 1. The molecule has 0 aromatic carbocycles. The minimum Gasteiger partial charge on any atom is -0.481 e. The summed E-state index contributed by atoms with van der Waals surface area (Å²) in [7, 11) is 3.09. The third kappa shape index (κ3) is 8.56. The molecule has 0 radical (unpaired) electrons. The number of rotatable bonds is 13. The second-order valence-corrected chi connectivity index (χ2v) is 11.6. The van der Waals surface area contributed by atoms with Crippen LogP contribution in [0.4, 0.5) is 8.78 Å². The van der Waals surface area contributed by atoms with Crippen molar-refractivity contribution in [1.29, 1.82) is 0 Å². The number of carbonyl (C=O) groups is 1. The van der Waals surface area contributed by atoms with Crippen molar-refractivity contribution in [2.75, 3.05) is 33.9 Å². The van der Waals surface area contributed by atoms with Crippen LogP contribution >= 0.6 is 11.3 Å². The van der Waals surface area contributed by atoms with Crippen molar-refractivity contribution in [2.45, 2.75) is 77.2 Å². The molecule has 2 aromatic heterocycles. The molecule has 8 nitrogen and oxygen atoms in total. The molecule has 38 heavy (non-hydrogen) atoms. The third-order valence-electron chi connectivity index (χ3n) is 7.34. The summed E-state index contributed by atoms with van der Waals surface area (Å²) >= 11 is 1.40. The van der Waals surface area contributed by atoms with Crippen LogP contribution in [0.15, 0.2) is 6.07 Å². The van der Waals surface area contributed by atoms with Crippen LogP contribution in [0.5, 0.6) is 17.0 Å². The number of methoxy groups -OCH3 is 2. The van der Waals surface area contributed by atoms with Gasteiger partial charge in [0.25, 0.3) is 11.1 Å². The van der Waals surface area contributed by atoms with Gasteiger partial charge in [-0.2, -0.15) is 9.97 Å². The van der Waals surface area contributed by atoms with Gasteiger partial charge in [-0.3, -0.25) is 9.69 Å². The highest BCUT2D eigenvalue weighted by Crippen LogP contribution is 2.34. The Morgan fingerprint density at radius 2 is 1.79 bits per heavy atom. The molecule has 0 atom stereocenters. The predicted molar refractivity (Wildman–Crippen MR) is 140 cm³/mol. The SMILES string of the molecule is COc1cc(OC)nc(CCC(=O)CC2CCC(CCN3CCc4sc(OCC(C)(F)F)nc4C3)CC2)n1. The number of halogens is 2. The predicted octanol–water partition coefficient (Wildman–Crippen LogP) is 5.13. The molecule has 2 aliphatic rings. The summed E-state index contributed by atoms with van der Waals surface area (Å²) in [6.45, 7) is 2.95. The summed E-state index contributed by atoms with van der Waals surface area (Å²) in [4.78, 5) is 29.3. The van der Waals surface area contributed by atoms with Crippen LogP contribution < -0.4 is 14.2 Å². The number of nitrogens with zero attached hydrogens (tertiary/aromatic N) is 4. The number of alkyl halides is 2. The average molecular weight is 553 g/mol. The maximum Gasteiger partial charge on any atom is 0.278 e. The first-order valence-electron chi connectivity index (χ1n) is 13.4. The monoisotopic (exact) mass is 552 g/mol. The van der Waals surface area contributed by atoms with E-state index < -0.39 is 12.5 Å². The molecule has 4 rings (SSSR count). The smallest absolute Gasteiger partial charge is 0.278 e. The second-order valence-electron chi connectivity index (χ2n) is 10.5. The zero-order valence-electron chi connectivity index (χ0n) is 22.5. The molecule has 0 bridgehead atoms. The number of hydrogen-bond acceptors (Lipinski definition) is 9. The molecule has 0 amide bonds. The van der Waals surface area contributed by atoms with E-state index in [1.165, 1.54) is 11.3 Å². The minimum atomic E-state index is -2.86. The summed E-state index contributed by atoms with van der Waals surface area (Å²) in [5, 5.41) is 0.349. The molecule has 0 unspecified atom stereocenters. The van der Waals surface area contributed by atoms with Crippen LogP contribution in [0, 0.1) is 11.8 Å². The minimum absolute atomic E-state index is 0.261. The number of ether oxygens (including phenoxy) is 3. The van der Waals surface area contributed by atoms with E-state index in [1.54, 1.807) is 20.3 Å². The maximum absolute atomic E-state index is 13.1. The van der Waals surface area contributed by atoms with Crippen molar-refractivity contribution in [1.82, 2.24) is 19.9 Å². The van der Waals surface area contributed by atoms with Crippen molar-refractivity contribution in [2.24, 2.45) is 11.8 Å². The highest BCUT2D eigenvalue weighted by atomic mass is 32.1. The van der Waals surface area contributed by atoms with E-state index in [-0.39, 0.29) is 5.78 Å². The number of Topliss-reactive ketones (excluding diaryl/α,β-unsaturated/α-hetero) is 1. The van der Waals surface area contributed by atoms with Crippen molar-refractivity contribution in [3.8, 4) is 17.0 Å². The highest BCUT2D eigenvalue weighted by molar-refractivity contribution is 7.13. The van der Waals surface area contributed by atoms with E-state index in [4.69, 9.17) is 14.2 Å². The van der Waals surface area contributed by atoms with Crippen LogP contribution in [-0.2, 0) is 24.2 Å². The van der Waals surface area contributed by atoms with E-state index in [0.29, 0.717) is 53.9 Å². The van der Waals surface area contributed by atoms with Gasteiger partial charge in [0, 0.05) is 44.2 Å². The van der Waals surface area contributed by atoms with Gasteiger partial charge in [0.15, 0.2) is 6.61 Å². The average Bonchev–Trinajstić information content (AvgIpc) is 3.32. The van der Waals surface area contributed by atoms with Gasteiger partial charge in [-0.05, 0) is 44.1 Å². The maximum atomic E-state index is 13.1. The first kappa shape index (κ1) is 28.6. The Kier molecular flexibility index (Phi) is 9.86. The Morgan fingerprint density at radius 3 is 2.45 bits per heavy atom. The van der Waals surface area contributed by atoms with Gasteiger partial charge in [0.1, 0.15) is 11.6 Å². The van der Waals surface area contributed by atoms with Gasteiger partial charge >= 0.3 is 0 Å². The largest absolute Gasteiger partial charge is 0.481 e. The Balaban J connectivity index is 1.14. The fourth-order valence-electron chi connectivity index (χ4n) is 5.21. The Morgan fingerprint density at radius 1 is 1.11 bits per heavy atom. The fraction of sp³-hybridized carbons (Fsp3) is 0.704. The van der Waals surface area contributed by atoms with E-state index in [9.17, 15) is 13.6 Å². The van der Waals surface area contributed by atoms with E-state index in [1.807, 2.05) is 0 Å². The first-order chi connectivity index (χ1) is 18.2. The number of carbonyl (C=O) groups excluding carboxylic acids is 1. The number of ketones is 1. The first-order valence-corrected chi connectivity index (χ1v) is 14.2. The summed E-state index contributed by atoms with van der Waals surface area (Å²) in [5.41, 5.74) is 0.968. The third-order valence-corrected chi connectivity index (χ3v) is 8.41. The zero-order valence-corrected chi connectivity index (χ0v) is 23.3. The van der Waals surface area contributed by atoms with Crippen LogP contribution in [-0.4, -0.2) is 65.5 Å². The fourth-order valence-corrected chi connectivity index (χ4v) is 6.11. The summed E-state index contributed by atoms with van der Waals surface area (Å²) in [6, 6.07) is 1.62. The summed E-state index contributed by atoms with van der Waals surface area (Å²) < 4.78 is 41.7. The molecule has 11 heteroatoms. The van der Waals surface area contributed by atoms with E-state index in [0.717, 1.165) is 75.7 Å². The van der Waals surface area contributed by atoms with Gasteiger partial charge < -0.3 is 14.2 Å². The molecule has 1 fully saturated rings. The van der Waals surface area contributed by atoms with Gasteiger partial charge in [0.05, 0.1) is 26.0 Å². The van der Waals surface area contributed by atoms with Crippen LogP contribution in [0.3, 0.4) is 0 Å². The van der Waals surface area contributed by atoms with Crippen molar-refractivity contribution in [3.63, 3.8) is 0 Å². The lowest BCUT2D eigenvalue weighted by molar-refractivity contribution is -0.120. The summed E-state index contributed by atoms with van der Waals surface area (Å²) in [6.07, 6.45) is 8.08. The Labute approximate surface area is 227 Å². The number of hydrogen-bond donors (Lipinski definition) is 0. The highest BCUT2D eigenvalue weighted by Gasteiger charge is 2.27. The van der Waals surface area contributed by atoms with Gasteiger partial charge in [0.2, 0.25) is 11.8 Å². The number of aryl methyl sites for hydroxylation is 1. The molecule has 3 heterocycles. The number of aromatic nitrogens is 3. The lowest BCUT2D eigenvalue weighted by atomic mass is 9.78. The van der Waals surface area contributed by atoms with Crippen molar-refractivity contribution < 1.29 is 27.8 Å². The van der Waals surface area contributed by atoms with Crippen molar-refractivity contribution >= 4 is 17.1 Å². The van der Waals surface area contributed by atoms with Gasteiger partial charge in [-0.1, -0.05) is 24.2 Å². The molecule has 0 saturated heterocycles. The number of thiazole rings is 1. The molecular formula is C27H38F2N4O4S. The standard InChI is InChI=1S/C27H38F2N4O4S/c1-27(28,29)17-37-26-30-21-16-33(13-11-22(21)38-26)12-10-18-4-6-19(7-5-18)14-20(34)8-9-23-31-24(35-2)15-25(32-23)36-3/h15,18-19H,4-14,16-17H2,1-3H3. The lowest BCUT2D eigenvalue weighted by Crippen LogP contribution is -2.32. The lowest BCUT2D eigenvalue weighted by Gasteiger charge is -2.31. The molecule has 1 aliphatic carbocycles. The Bertz CT molecular complexity index is 1050. The topological polar surface area (TPSA) is 86.7 Å². The van der Waals surface area contributed by atoms with Gasteiger partial charge in [-0.15, -0.1) is 0 Å². The van der Waals surface area contributed by atoms with Gasteiger partial charge in [-0.25, -0.2) is 13.8 Å². The molecule has 0 spiro atoms. The second kappa shape index (κ2) is 13.1. The molecule has 1 saturated carbocycles. The van der Waals surface area contributed by atoms with Crippen LogP contribution in [0.1, 0.15) is 68.3 Å². The normalized spacial score (nSPS) is 20.1. The molecule has 0 N–H and O–H groups in total. The van der Waals surface area contributed by atoms with Crippen LogP contribution in [0.25, 0.3) is 0 Å². The zero-order chi connectivity index (χ0) is 27.1. The van der Waals surface area contributed by atoms with Crippen molar-refractivity contribution in [3.05, 3.63) is 22.5 Å². The van der Waals surface area contributed by atoms with E-state index >= 15 is 0 Å². The summed E-state index contributed by atoms with van der Waals surface area (Å²) in [5.74, 6) is -0.0171.